The van der Waals surface area contributed by atoms with Crippen LogP contribution < -0.4 is 4.74 Å². The molecule has 0 unspecified atom stereocenters. The minimum absolute atomic E-state index is 0.100. The van der Waals surface area contributed by atoms with Gasteiger partial charge in [-0.1, -0.05) is 42.0 Å². The van der Waals surface area contributed by atoms with Crippen LogP contribution in [0, 0.1) is 6.92 Å². The van der Waals surface area contributed by atoms with Gasteiger partial charge in [-0.2, -0.15) is 0 Å². The molecule has 0 aliphatic rings. The fourth-order valence-corrected chi connectivity index (χ4v) is 2.78. The highest BCUT2D eigenvalue weighted by molar-refractivity contribution is 7.12. The van der Waals surface area contributed by atoms with E-state index in [9.17, 15) is 9.59 Å². The highest BCUT2D eigenvalue weighted by atomic mass is 32.1. The van der Waals surface area contributed by atoms with Crippen LogP contribution >= 0.6 is 11.3 Å². The lowest BCUT2D eigenvalue weighted by Crippen LogP contribution is -2.06. The number of esters is 1. The summed E-state index contributed by atoms with van der Waals surface area (Å²) in [5, 5.41) is 1.82. The number of aryl methyl sites for hydroxylation is 1. The number of allylic oxidation sites excluding steroid dienone is 1. The summed E-state index contributed by atoms with van der Waals surface area (Å²) in [5.41, 5.74) is 2.69. The lowest BCUT2D eigenvalue weighted by molar-refractivity contribution is 0.0740. The molecule has 0 amide bonds. The van der Waals surface area contributed by atoms with Crippen molar-refractivity contribution >= 4 is 29.2 Å². The molecule has 3 rings (SSSR count). The van der Waals surface area contributed by atoms with Crippen molar-refractivity contribution in [2.24, 2.45) is 0 Å². The molecule has 3 nitrogen and oxygen atoms in total. The van der Waals surface area contributed by atoms with Gasteiger partial charge < -0.3 is 4.74 Å². The fourth-order valence-electron chi connectivity index (χ4n) is 2.18. The minimum Gasteiger partial charge on any atom is -0.422 e. The summed E-state index contributed by atoms with van der Waals surface area (Å²) in [6, 6.07) is 18.0. The summed E-state index contributed by atoms with van der Waals surface area (Å²) in [4.78, 5) is 24.6. The van der Waals surface area contributed by atoms with Crippen molar-refractivity contribution in [1.82, 2.24) is 0 Å². The van der Waals surface area contributed by atoms with Gasteiger partial charge in [0.25, 0.3) is 0 Å². The number of thiophene rings is 1. The van der Waals surface area contributed by atoms with Crippen LogP contribution in [0.1, 0.15) is 31.2 Å². The minimum atomic E-state index is -0.395. The van der Waals surface area contributed by atoms with Gasteiger partial charge >= 0.3 is 5.97 Å². The fraction of sp³-hybridized carbons (Fsp3) is 0.0476. The van der Waals surface area contributed by atoms with E-state index < -0.39 is 5.97 Å². The summed E-state index contributed by atoms with van der Waals surface area (Å²) in [6.45, 7) is 2.02. The zero-order valence-electron chi connectivity index (χ0n) is 13.6. The number of carbonyl (C=O) groups excluding carboxylic acids is 2. The normalized spacial score (nSPS) is 10.8. The molecule has 0 saturated heterocycles. The first-order chi connectivity index (χ1) is 12.1. The molecule has 2 aromatic carbocycles. The predicted octanol–water partition coefficient (Wildman–Crippen LogP) is 5.17. The lowest BCUT2D eigenvalue weighted by atomic mass is 10.1. The molecule has 0 radical (unpaired) electrons. The van der Waals surface area contributed by atoms with Crippen LogP contribution in [0.25, 0.3) is 6.08 Å². The number of benzene rings is 2. The maximum absolute atomic E-state index is 12.2. The molecule has 0 bridgehead atoms. The molecule has 0 saturated carbocycles. The standard InChI is InChI=1S/C21H16O3S/c1-15-4-6-16(7-5-15)8-13-19(22)17-9-11-18(12-10-17)24-21(23)20-3-2-14-25-20/h2-14H,1H3/b13-8+. The Morgan fingerprint density at radius 3 is 2.32 bits per heavy atom. The Bertz CT molecular complexity index is 889. The molecule has 1 heterocycles. The third-order valence-electron chi connectivity index (χ3n) is 3.58. The van der Waals surface area contributed by atoms with Crippen LogP contribution in [0.4, 0.5) is 0 Å². The summed E-state index contributed by atoms with van der Waals surface area (Å²) in [6.07, 6.45) is 3.32. The van der Waals surface area contributed by atoms with E-state index >= 15 is 0 Å². The Labute approximate surface area is 150 Å². The number of ether oxygens (including phenoxy) is 1. The van der Waals surface area contributed by atoms with E-state index in [1.807, 2.05) is 36.6 Å². The first-order valence-electron chi connectivity index (χ1n) is 7.77. The quantitative estimate of drug-likeness (QED) is 0.276. The average molecular weight is 348 g/mol. The van der Waals surface area contributed by atoms with Gasteiger partial charge in [0.05, 0.1) is 0 Å². The van der Waals surface area contributed by atoms with Crippen molar-refractivity contribution in [3.63, 3.8) is 0 Å². The van der Waals surface area contributed by atoms with Gasteiger partial charge in [0.1, 0.15) is 10.6 Å². The van der Waals surface area contributed by atoms with Gasteiger partial charge in [0, 0.05) is 5.56 Å². The van der Waals surface area contributed by atoms with E-state index in [1.54, 1.807) is 42.5 Å². The van der Waals surface area contributed by atoms with E-state index in [4.69, 9.17) is 4.74 Å². The molecule has 124 valence electrons. The first-order valence-corrected chi connectivity index (χ1v) is 8.64. The Balaban J connectivity index is 1.64. The third kappa shape index (κ3) is 4.52. The SMILES string of the molecule is Cc1ccc(/C=C/C(=O)c2ccc(OC(=O)c3cccs3)cc2)cc1. The van der Waals surface area contributed by atoms with Gasteiger partial charge in [0.15, 0.2) is 5.78 Å². The summed E-state index contributed by atoms with van der Waals surface area (Å²) in [5.74, 6) is -0.0810. The molecular formula is C21H16O3S. The van der Waals surface area contributed by atoms with Gasteiger partial charge in [-0.25, -0.2) is 4.79 Å². The summed E-state index contributed by atoms with van der Waals surface area (Å²) in [7, 11) is 0. The smallest absolute Gasteiger partial charge is 0.353 e. The second kappa shape index (κ2) is 7.73. The number of hydrogen-bond acceptors (Lipinski definition) is 4. The van der Waals surface area contributed by atoms with Crippen molar-refractivity contribution in [3.8, 4) is 5.75 Å². The molecule has 0 fully saturated rings. The average Bonchev–Trinajstić information content (AvgIpc) is 3.16. The van der Waals surface area contributed by atoms with E-state index in [0.717, 1.165) is 5.56 Å². The summed E-state index contributed by atoms with van der Waals surface area (Å²) >= 11 is 1.33. The third-order valence-corrected chi connectivity index (χ3v) is 4.43. The number of ketones is 1. The van der Waals surface area contributed by atoms with E-state index in [2.05, 4.69) is 0 Å². The van der Waals surface area contributed by atoms with Crippen LogP contribution in [-0.2, 0) is 0 Å². The van der Waals surface area contributed by atoms with E-state index in [-0.39, 0.29) is 5.78 Å². The topological polar surface area (TPSA) is 43.4 Å². The monoisotopic (exact) mass is 348 g/mol. The molecule has 0 atom stereocenters. The van der Waals surface area contributed by atoms with Gasteiger partial charge in [-0.3, -0.25) is 4.79 Å². The highest BCUT2D eigenvalue weighted by Crippen LogP contribution is 2.17. The first kappa shape index (κ1) is 16.9. The molecule has 0 spiro atoms. The second-order valence-electron chi connectivity index (χ2n) is 5.50. The molecule has 1 aromatic heterocycles. The maximum Gasteiger partial charge on any atom is 0.353 e. The van der Waals surface area contributed by atoms with Crippen molar-refractivity contribution in [3.05, 3.63) is 93.7 Å². The van der Waals surface area contributed by atoms with Gasteiger partial charge in [-0.15, -0.1) is 11.3 Å². The van der Waals surface area contributed by atoms with Gasteiger partial charge in [0.2, 0.25) is 0 Å². The Morgan fingerprint density at radius 2 is 1.68 bits per heavy atom. The van der Waals surface area contributed by atoms with Crippen molar-refractivity contribution in [1.29, 1.82) is 0 Å². The number of hydrogen-bond donors (Lipinski definition) is 0. The molecule has 3 aromatic rings. The Hall–Kier alpha value is -2.98. The van der Waals surface area contributed by atoms with Crippen LogP contribution in [0.2, 0.25) is 0 Å². The Kier molecular flexibility index (Phi) is 5.21. The molecule has 25 heavy (non-hydrogen) atoms. The molecule has 0 aliphatic heterocycles. The van der Waals surface area contributed by atoms with Crippen LogP contribution in [-0.4, -0.2) is 11.8 Å². The number of carbonyl (C=O) groups is 2. The zero-order valence-corrected chi connectivity index (χ0v) is 14.5. The van der Waals surface area contributed by atoms with Crippen molar-refractivity contribution < 1.29 is 14.3 Å². The predicted molar refractivity (Wildman–Crippen MR) is 100 cm³/mol. The maximum atomic E-state index is 12.2. The van der Waals surface area contributed by atoms with Crippen LogP contribution in [0.5, 0.6) is 5.75 Å². The number of rotatable bonds is 5. The molecule has 0 N–H and O–H groups in total. The van der Waals surface area contributed by atoms with E-state index in [1.165, 1.54) is 23.0 Å². The second-order valence-corrected chi connectivity index (χ2v) is 6.45. The van der Waals surface area contributed by atoms with Crippen molar-refractivity contribution in [2.45, 2.75) is 6.92 Å². The molecule has 4 heteroatoms. The summed E-state index contributed by atoms with van der Waals surface area (Å²) < 4.78 is 5.28. The van der Waals surface area contributed by atoms with Crippen LogP contribution in [0.15, 0.2) is 72.1 Å². The largest absolute Gasteiger partial charge is 0.422 e. The highest BCUT2D eigenvalue weighted by Gasteiger charge is 2.10. The lowest BCUT2D eigenvalue weighted by Gasteiger charge is -2.03. The Morgan fingerprint density at radius 1 is 0.960 bits per heavy atom. The van der Waals surface area contributed by atoms with Crippen LogP contribution in [0.3, 0.4) is 0 Å². The van der Waals surface area contributed by atoms with Crippen molar-refractivity contribution in [2.75, 3.05) is 0 Å². The molecular weight excluding hydrogens is 332 g/mol. The zero-order chi connectivity index (χ0) is 17.6. The van der Waals surface area contributed by atoms with E-state index in [0.29, 0.717) is 16.2 Å². The van der Waals surface area contributed by atoms with Gasteiger partial charge in [-0.05, 0) is 54.3 Å². The molecule has 0 aliphatic carbocycles.